The molecule has 2 fully saturated rings. The van der Waals surface area contributed by atoms with Crippen LogP contribution in [0.3, 0.4) is 0 Å². The molecular weight excluding hydrogens is 374 g/mol. The Morgan fingerprint density at radius 1 is 0.966 bits per heavy atom. The number of rotatable bonds is 7. The van der Waals surface area contributed by atoms with E-state index in [0.717, 1.165) is 39.0 Å². The Hall–Kier alpha value is -2.45. The average Bonchev–Trinajstić information content (AvgIpc) is 3.39. The highest BCUT2D eigenvalue weighted by Gasteiger charge is 2.28. The number of esters is 2. The lowest BCUT2D eigenvalue weighted by molar-refractivity contribution is -0.117. The van der Waals surface area contributed by atoms with Gasteiger partial charge in [0.15, 0.2) is 0 Å². The molecule has 2 heterocycles. The molecule has 0 aliphatic carbocycles. The van der Waals surface area contributed by atoms with Crippen LogP contribution in [0.2, 0.25) is 0 Å². The van der Waals surface area contributed by atoms with Crippen molar-refractivity contribution < 1.29 is 23.9 Å². The van der Waals surface area contributed by atoms with Gasteiger partial charge in [-0.1, -0.05) is 0 Å². The van der Waals surface area contributed by atoms with Crippen molar-refractivity contribution in [1.29, 1.82) is 0 Å². The van der Waals surface area contributed by atoms with Crippen molar-refractivity contribution >= 4 is 23.5 Å². The van der Waals surface area contributed by atoms with Crippen molar-refractivity contribution in [2.45, 2.75) is 31.7 Å². The molecule has 0 radical (unpaired) electrons. The van der Waals surface area contributed by atoms with Crippen LogP contribution >= 0.6 is 0 Å². The Balaban J connectivity index is 1.65. The number of hydrogen-bond donors (Lipinski definition) is 1. The van der Waals surface area contributed by atoms with E-state index in [9.17, 15) is 14.4 Å². The number of carbonyl (C=O) groups excluding carboxylic acids is 3. The number of hydrogen-bond acceptors (Lipinski definition) is 7. The molecule has 0 aromatic heterocycles. The highest BCUT2D eigenvalue weighted by atomic mass is 16.5. The number of ether oxygens (including phenoxy) is 2. The number of benzene rings is 1. The molecule has 8 heteroatoms. The van der Waals surface area contributed by atoms with Crippen LogP contribution in [-0.2, 0) is 14.3 Å². The molecule has 0 saturated carbocycles. The quantitative estimate of drug-likeness (QED) is 0.694. The monoisotopic (exact) mass is 403 g/mol. The van der Waals surface area contributed by atoms with Crippen molar-refractivity contribution in [2.75, 3.05) is 52.3 Å². The van der Waals surface area contributed by atoms with Crippen LogP contribution in [0.15, 0.2) is 18.2 Å². The van der Waals surface area contributed by atoms with Crippen molar-refractivity contribution in [3.05, 3.63) is 29.3 Å². The fourth-order valence-electron chi connectivity index (χ4n) is 4.13. The van der Waals surface area contributed by atoms with Crippen LogP contribution in [0.1, 0.15) is 46.4 Å². The number of amides is 1. The van der Waals surface area contributed by atoms with Crippen LogP contribution in [0, 0.1) is 0 Å². The molecule has 158 valence electrons. The third kappa shape index (κ3) is 5.55. The molecule has 2 saturated heterocycles. The zero-order valence-electron chi connectivity index (χ0n) is 17.1. The lowest BCUT2D eigenvalue weighted by Crippen LogP contribution is -2.42. The van der Waals surface area contributed by atoms with Gasteiger partial charge >= 0.3 is 11.9 Å². The summed E-state index contributed by atoms with van der Waals surface area (Å²) in [5.74, 6) is -1.34. The predicted molar refractivity (Wildman–Crippen MR) is 108 cm³/mol. The molecular formula is C21H29N3O5. The normalized spacial score (nSPS) is 19.9. The molecule has 1 atom stereocenters. The van der Waals surface area contributed by atoms with Gasteiger partial charge in [-0.05, 0) is 63.5 Å². The van der Waals surface area contributed by atoms with Gasteiger partial charge in [-0.2, -0.15) is 0 Å². The van der Waals surface area contributed by atoms with Gasteiger partial charge in [0.1, 0.15) is 0 Å². The highest BCUT2D eigenvalue weighted by molar-refractivity contribution is 5.99. The van der Waals surface area contributed by atoms with Crippen LogP contribution in [0.25, 0.3) is 0 Å². The first kappa shape index (κ1) is 21.3. The van der Waals surface area contributed by atoms with E-state index >= 15 is 0 Å². The first-order valence-electron chi connectivity index (χ1n) is 10.1. The van der Waals surface area contributed by atoms with Gasteiger partial charge in [0.05, 0.1) is 31.9 Å². The maximum atomic E-state index is 12.7. The second-order valence-corrected chi connectivity index (χ2v) is 7.60. The Morgan fingerprint density at radius 2 is 1.59 bits per heavy atom. The van der Waals surface area contributed by atoms with Crippen molar-refractivity contribution in [3.8, 4) is 0 Å². The van der Waals surface area contributed by atoms with Gasteiger partial charge in [0, 0.05) is 18.3 Å². The second-order valence-electron chi connectivity index (χ2n) is 7.60. The Bertz CT molecular complexity index is 726. The number of nitrogens with zero attached hydrogens (tertiary/aromatic N) is 2. The molecule has 8 nitrogen and oxygen atoms in total. The fourth-order valence-corrected chi connectivity index (χ4v) is 4.13. The Morgan fingerprint density at radius 3 is 2.17 bits per heavy atom. The van der Waals surface area contributed by atoms with Gasteiger partial charge in [0.2, 0.25) is 5.91 Å². The van der Waals surface area contributed by atoms with Gasteiger partial charge in [-0.25, -0.2) is 9.59 Å². The highest BCUT2D eigenvalue weighted by Crippen LogP contribution is 2.21. The number of nitrogens with one attached hydrogen (secondary N) is 1. The molecule has 2 aliphatic heterocycles. The summed E-state index contributed by atoms with van der Waals surface area (Å²) in [5, 5.41) is 2.81. The first-order valence-corrected chi connectivity index (χ1v) is 10.1. The maximum Gasteiger partial charge on any atom is 0.337 e. The van der Waals surface area contributed by atoms with Crippen molar-refractivity contribution in [1.82, 2.24) is 9.80 Å². The molecule has 1 aromatic carbocycles. The smallest absolute Gasteiger partial charge is 0.337 e. The van der Waals surface area contributed by atoms with E-state index in [0.29, 0.717) is 11.7 Å². The van der Waals surface area contributed by atoms with Gasteiger partial charge in [0.25, 0.3) is 0 Å². The van der Waals surface area contributed by atoms with Crippen molar-refractivity contribution in [2.24, 2.45) is 0 Å². The minimum atomic E-state index is -0.587. The predicted octanol–water partition coefficient (Wildman–Crippen LogP) is 1.76. The summed E-state index contributed by atoms with van der Waals surface area (Å²) in [6, 6.07) is 4.79. The van der Waals surface area contributed by atoms with E-state index in [-0.39, 0.29) is 23.6 Å². The Labute approximate surface area is 171 Å². The van der Waals surface area contributed by atoms with E-state index in [4.69, 9.17) is 9.47 Å². The minimum absolute atomic E-state index is 0.170. The summed E-state index contributed by atoms with van der Waals surface area (Å²) in [4.78, 5) is 41.2. The molecule has 1 unspecified atom stereocenters. The first-order chi connectivity index (χ1) is 14.0. The summed E-state index contributed by atoms with van der Waals surface area (Å²) in [6.45, 7) is 4.49. The average molecular weight is 403 g/mol. The van der Waals surface area contributed by atoms with E-state index in [2.05, 4.69) is 15.1 Å². The summed E-state index contributed by atoms with van der Waals surface area (Å²) in [5.41, 5.74) is 0.728. The summed E-state index contributed by atoms with van der Waals surface area (Å²) < 4.78 is 9.47. The van der Waals surface area contributed by atoms with E-state index in [1.165, 1.54) is 45.3 Å². The number of likely N-dealkylation sites (tertiary alicyclic amines) is 2. The molecule has 2 aliphatic rings. The fraction of sp³-hybridized carbons (Fsp3) is 0.571. The second kappa shape index (κ2) is 9.84. The standard InChI is InChI=1S/C21H29N3O5/c1-28-20(26)15-10-16(21(27)29-2)12-17(11-15)22-19(25)14-24-9-5-6-18(24)13-23-7-3-4-8-23/h10-12,18H,3-9,13-14H2,1-2H3,(H,22,25). The molecule has 0 spiro atoms. The number of methoxy groups -OCH3 is 2. The maximum absolute atomic E-state index is 12.7. The number of carbonyl (C=O) groups is 3. The van der Waals surface area contributed by atoms with Crippen LogP contribution in [-0.4, -0.2) is 80.6 Å². The SMILES string of the molecule is COC(=O)c1cc(NC(=O)CN2CCCC2CN2CCCC2)cc(C(=O)OC)c1. The zero-order valence-corrected chi connectivity index (χ0v) is 17.1. The van der Waals surface area contributed by atoms with E-state index in [1.54, 1.807) is 0 Å². The van der Waals surface area contributed by atoms with Crippen LogP contribution < -0.4 is 5.32 Å². The summed E-state index contributed by atoms with van der Waals surface area (Å²) in [7, 11) is 2.53. The van der Waals surface area contributed by atoms with E-state index in [1.807, 2.05) is 0 Å². The minimum Gasteiger partial charge on any atom is -0.465 e. The molecule has 0 bridgehead atoms. The summed E-state index contributed by atoms with van der Waals surface area (Å²) in [6.07, 6.45) is 4.71. The summed E-state index contributed by atoms with van der Waals surface area (Å²) >= 11 is 0. The third-order valence-electron chi connectivity index (χ3n) is 5.57. The lowest BCUT2D eigenvalue weighted by Gasteiger charge is -2.28. The van der Waals surface area contributed by atoms with Crippen LogP contribution in [0.4, 0.5) is 5.69 Å². The molecule has 1 N–H and O–H groups in total. The van der Waals surface area contributed by atoms with Gasteiger partial charge < -0.3 is 19.7 Å². The largest absolute Gasteiger partial charge is 0.465 e. The Kier molecular flexibility index (Phi) is 7.22. The van der Waals surface area contributed by atoms with Gasteiger partial charge in [-0.3, -0.25) is 9.69 Å². The van der Waals surface area contributed by atoms with Crippen LogP contribution in [0.5, 0.6) is 0 Å². The molecule has 29 heavy (non-hydrogen) atoms. The number of anilines is 1. The lowest BCUT2D eigenvalue weighted by atomic mass is 10.1. The van der Waals surface area contributed by atoms with Crippen molar-refractivity contribution in [3.63, 3.8) is 0 Å². The zero-order chi connectivity index (χ0) is 20.8. The third-order valence-corrected chi connectivity index (χ3v) is 5.57. The van der Waals surface area contributed by atoms with E-state index < -0.39 is 11.9 Å². The molecule has 1 amide bonds. The molecule has 1 aromatic rings. The molecule has 3 rings (SSSR count). The topological polar surface area (TPSA) is 88.2 Å². The van der Waals surface area contributed by atoms with Gasteiger partial charge in [-0.15, -0.1) is 0 Å².